The molecule has 2 rings (SSSR count). The van der Waals surface area contributed by atoms with Crippen molar-refractivity contribution in [1.82, 2.24) is 15.1 Å². The third-order valence-electron chi connectivity index (χ3n) is 3.16. The lowest BCUT2D eigenvalue weighted by atomic mass is 9.97. The standard InChI is InChI=1S/C13H17N3O3/c1-2-19-13(18)11-4-3-7-16(9-11)12(17)10-5-6-14-15-8-10/h5-6,8,11H,2-4,7,9H2,1H3/t11-/m0/s1. The van der Waals surface area contributed by atoms with Gasteiger partial charge in [-0.05, 0) is 25.8 Å². The number of rotatable bonds is 3. The number of carbonyl (C=O) groups is 2. The van der Waals surface area contributed by atoms with E-state index in [0.717, 1.165) is 12.8 Å². The Morgan fingerprint density at radius 1 is 1.47 bits per heavy atom. The predicted octanol–water partition coefficient (Wildman–Crippen LogP) is 0.892. The molecule has 0 N–H and O–H groups in total. The van der Waals surface area contributed by atoms with Crippen molar-refractivity contribution in [2.24, 2.45) is 5.92 Å². The molecule has 102 valence electrons. The predicted molar refractivity (Wildman–Crippen MR) is 67.3 cm³/mol. The molecule has 0 aliphatic carbocycles. The molecule has 19 heavy (non-hydrogen) atoms. The van der Waals surface area contributed by atoms with Gasteiger partial charge in [0, 0.05) is 13.1 Å². The Bertz CT molecular complexity index is 450. The van der Waals surface area contributed by atoms with E-state index in [4.69, 9.17) is 4.74 Å². The van der Waals surface area contributed by atoms with Crippen molar-refractivity contribution in [3.8, 4) is 0 Å². The zero-order chi connectivity index (χ0) is 13.7. The highest BCUT2D eigenvalue weighted by molar-refractivity contribution is 5.94. The number of hydrogen-bond donors (Lipinski definition) is 0. The Balaban J connectivity index is 2.01. The molecule has 0 bridgehead atoms. The first kappa shape index (κ1) is 13.5. The summed E-state index contributed by atoms with van der Waals surface area (Å²) in [5, 5.41) is 7.34. The summed E-state index contributed by atoms with van der Waals surface area (Å²) in [6.45, 7) is 3.24. The molecule has 1 amide bonds. The van der Waals surface area contributed by atoms with Crippen LogP contribution in [0.4, 0.5) is 0 Å². The summed E-state index contributed by atoms with van der Waals surface area (Å²) in [7, 11) is 0. The number of likely N-dealkylation sites (tertiary alicyclic amines) is 1. The maximum absolute atomic E-state index is 12.2. The van der Waals surface area contributed by atoms with Gasteiger partial charge in [0.15, 0.2) is 0 Å². The topological polar surface area (TPSA) is 72.4 Å². The molecule has 0 aromatic carbocycles. The van der Waals surface area contributed by atoms with Gasteiger partial charge in [0.1, 0.15) is 0 Å². The molecule has 0 unspecified atom stereocenters. The number of ether oxygens (including phenoxy) is 1. The molecule has 1 atom stereocenters. The zero-order valence-corrected chi connectivity index (χ0v) is 10.9. The van der Waals surface area contributed by atoms with Crippen molar-refractivity contribution >= 4 is 11.9 Å². The van der Waals surface area contributed by atoms with E-state index in [-0.39, 0.29) is 17.8 Å². The molecule has 1 aliphatic rings. The summed E-state index contributed by atoms with van der Waals surface area (Å²) in [5.74, 6) is -0.538. The molecule has 1 aromatic rings. The molecule has 6 nitrogen and oxygen atoms in total. The summed E-state index contributed by atoms with van der Waals surface area (Å²) in [4.78, 5) is 25.6. The zero-order valence-electron chi connectivity index (χ0n) is 10.9. The molecular formula is C13H17N3O3. The maximum atomic E-state index is 12.2. The molecular weight excluding hydrogens is 246 g/mol. The average molecular weight is 263 g/mol. The first-order chi connectivity index (χ1) is 9.22. The SMILES string of the molecule is CCOC(=O)[C@H]1CCCN(C(=O)c2ccnnc2)C1. The molecule has 2 heterocycles. The van der Waals surface area contributed by atoms with Gasteiger partial charge in [0.25, 0.3) is 5.91 Å². The first-order valence-electron chi connectivity index (χ1n) is 6.45. The van der Waals surface area contributed by atoms with E-state index in [0.29, 0.717) is 25.3 Å². The molecule has 0 saturated carbocycles. The minimum absolute atomic E-state index is 0.108. The van der Waals surface area contributed by atoms with Crippen LogP contribution in [0.15, 0.2) is 18.5 Å². The summed E-state index contributed by atoms with van der Waals surface area (Å²) in [6, 6.07) is 1.63. The Kier molecular flexibility index (Phi) is 4.43. The van der Waals surface area contributed by atoms with Crippen LogP contribution in [-0.2, 0) is 9.53 Å². The lowest BCUT2D eigenvalue weighted by Gasteiger charge is -2.31. The lowest BCUT2D eigenvalue weighted by molar-refractivity contribution is -0.149. The Hall–Kier alpha value is -1.98. The number of carbonyl (C=O) groups excluding carboxylic acids is 2. The average Bonchev–Trinajstić information content (AvgIpc) is 2.48. The number of esters is 1. The second-order valence-corrected chi connectivity index (χ2v) is 4.47. The summed E-state index contributed by atoms with van der Waals surface area (Å²) >= 11 is 0. The van der Waals surface area contributed by atoms with Crippen LogP contribution in [0.3, 0.4) is 0 Å². The fourth-order valence-electron chi connectivity index (χ4n) is 2.21. The van der Waals surface area contributed by atoms with E-state index in [1.165, 1.54) is 12.4 Å². The summed E-state index contributed by atoms with van der Waals surface area (Å²) < 4.78 is 5.02. The molecule has 1 fully saturated rings. The quantitative estimate of drug-likeness (QED) is 0.757. The Labute approximate surface area is 111 Å². The van der Waals surface area contributed by atoms with Gasteiger partial charge in [-0.1, -0.05) is 0 Å². The lowest BCUT2D eigenvalue weighted by Crippen LogP contribution is -2.42. The summed E-state index contributed by atoms with van der Waals surface area (Å²) in [6.07, 6.45) is 4.52. The van der Waals surface area contributed by atoms with Crippen molar-refractivity contribution in [3.63, 3.8) is 0 Å². The summed E-state index contributed by atoms with van der Waals surface area (Å²) in [5.41, 5.74) is 0.500. The number of piperidine rings is 1. The highest BCUT2D eigenvalue weighted by atomic mass is 16.5. The second-order valence-electron chi connectivity index (χ2n) is 4.47. The van der Waals surface area contributed by atoms with E-state index in [9.17, 15) is 9.59 Å². The van der Waals surface area contributed by atoms with Crippen LogP contribution in [0.1, 0.15) is 30.1 Å². The van der Waals surface area contributed by atoms with Crippen molar-refractivity contribution in [1.29, 1.82) is 0 Å². The van der Waals surface area contributed by atoms with E-state index >= 15 is 0 Å². The molecule has 1 aliphatic heterocycles. The molecule has 0 radical (unpaired) electrons. The Morgan fingerprint density at radius 3 is 3.00 bits per heavy atom. The van der Waals surface area contributed by atoms with Gasteiger partial charge in [-0.25, -0.2) is 0 Å². The highest BCUT2D eigenvalue weighted by Crippen LogP contribution is 2.19. The van der Waals surface area contributed by atoms with Gasteiger partial charge in [0.05, 0.1) is 30.5 Å². The Morgan fingerprint density at radius 2 is 2.32 bits per heavy atom. The van der Waals surface area contributed by atoms with E-state index < -0.39 is 0 Å². The molecule has 1 saturated heterocycles. The van der Waals surface area contributed by atoms with Crippen molar-refractivity contribution in [3.05, 3.63) is 24.0 Å². The van der Waals surface area contributed by atoms with Crippen LogP contribution in [0.25, 0.3) is 0 Å². The number of hydrogen-bond acceptors (Lipinski definition) is 5. The van der Waals surface area contributed by atoms with Gasteiger partial charge >= 0.3 is 5.97 Å². The fraction of sp³-hybridized carbons (Fsp3) is 0.538. The van der Waals surface area contributed by atoms with Gasteiger partial charge in [-0.2, -0.15) is 10.2 Å². The molecule has 0 spiro atoms. The maximum Gasteiger partial charge on any atom is 0.310 e. The second kappa shape index (κ2) is 6.26. The normalized spacial score (nSPS) is 19.0. The van der Waals surface area contributed by atoms with Crippen LogP contribution >= 0.6 is 0 Å². The van der Waals surface area contributed by atoms with Crippen LogP contribution in [0.5, 0.6) is 0 Å². The van der Waals surface area contributed by atoms with Crippen molar-refractivity contribution < 1.29 is 14.3 Å². The van der Waals surface area contributed by atoms with Gasteiger partial charge < -0.3 is 9.64 Å². The fourth-order valence-corrected chi connectivity index (χ4v) is 2.21. The minimum Gasteiger partial charge on any atom is -0.466 e. The van der Waals surface area contributed by atoms with E-state index in [1.807, 2.05) is 0 Å². The first-order valence-corrected chi connectivity index (χ1v) is 6.45. The number of amides is 1. The smallest absolute Gasteiger partial charge is 0.310 e. The number of nitrogens with zero attached hydrogens (tertiary/aromatic N) is 3. The van der Waals surface area contributed by atoms with Crippen LogP contribution in [0.2, 0.25) is 0 Å². The van der Waals surface area contributed by atoms with Gasteiger partial charge in [-0.15, -0.1) is 0 Å². The largest absolute Gasteiger partial charge is 0.466 e. The monoisotopic (exact) mass is 263 g/mol. The van der Waals surface area contributed by atoms with Crippen molar-refractivity contribution in [2.75, 3.05) is 19.7 Å². The minimum atomic E-state index is -0.215. The van der Waals surface area contributed by atoms with E-state index in [2.05, 4.69) is 10.2 Å². The van der Waals surface area contributed by atoms with Gasteiger partial charge in [-0.3, -0.25) is 9.59 Å². The van der Waals surface area contributed by atoms with E-state index in [1.54, 1.807) is 17.9 Å². The van der Waals surface area contributed by atoms with Crippen LogP contribution in [0, 0.1) is 5.92 Å². The van der Waals surface area contributed by atoms with Crippen LogP contribution < -0.4 is 0 Å². The third-order valence-corrected chi connectivity index (χ3v) is 3.16. The third kappa shape index (κ3) is 3.27. The highest BCUT2D eigenvalue weighted by Gasteiger charge is 2.29. The number of aromatic nitrogens is 2. The molecule has 6 heteroatoms. The van der Waals surface area contributed by atoms with Crippen molar-refractivity contribution in [2.45, 2.75) is 19.8 Å². The van der Waals surface area contributed by atoms with Crippen LogP contribution in [-0.4, -0.2) is 46.7 Å². The van der Waals surface area contributed by atoms with Gasteiger partial charge in [0.2, 0.25) is 0 Å². The molecule has 1 aromatic heterocycles.